The van der Waals surface area contributed by atoms with Crippen molar-refractivity contribution in [1.29, 1.82) is 0 Å². The third kappa shape index (κ3) is 4.42. The number of ether oxygens (including phenoxy) is 1. The minimum atomic E-state index is -0.507. The molecular weight excluding hydrogens is 254 g/mol. The zero-order chi connectivity index (χ0) is 14.6. The SMILES string of the molecule is CC(C)(C)OC(=O)Nc1cccc(Cn2cc[c]n2)c1. The summed E-state index contributed by atoms with van der Waals surface area (Å²) in [6, 6.07) is 9.33. The van der Waals surface area contributed by atoms with E-state index in [1.54, 1.807) is 10.7 Å². The van der Waals surface area contributed by atoms with Crippen molar-refractivity contribution in [3.63, 3.8) is 0 Å². The van der Waals surface area contributed by atoms with Gasteiger partial charge in [-0.2, -0.15) is 5.10 Å². The molecule has 1 aromatic heterocycles. The van der Waals surface area contributed by atoms with Crippen LogP contribution < -0.4 is 5.32 Å². The van der Waals surface area contributed by atoms with Crippen molar-refractivity contribution in [2.24, 2.45) is 0 Å². The lowest BCUT2D eigenvalue weighted by atomic mass is 10.2. The Balaban J connectivity index is 2.01. The van der Waals surface area contributed by atoms with E-state index in [2.05, 4.69) is 16.6 Å². The van der Waals surface area contributed by atoms with Crippen molar-refractivity contribution < 1.29 is 9.53 Å². The molecule has 2 rings (SSSR count). The first kappa shape index (κ1) is 14.1. The van der Waals surface area contributed by atoms with Gasteiger partial charge >= 0.3 is 6.09 Å². The number of aromatic nitrogens is 2. The van der Waals surface area contributed by atoms with Crippen molar-refractivity contribution in [3.8, 4) is 0 Å². The van der Waals surface area contributed by atoms with Crippen molar-refractivity contribution in [2.75, 3.05) is 5.32 Å². The number of nitrogens with one attached hydrogen (secondary N) is 1. The van der Waals surface area contributed by atoms with E-state index in [4.69, 9.17) is 4.74 Å². The van der Waals surface area contributed by atoms with Crippen molar-refractivity contribution >= 4 is 11.8 Å². The molecule has 1 radical (unpaired) electrons. The number of carbonyl (C=O) groups is 1. The normalized spacial score (nSPS) is 11.2. The van der Waals surface area contributed by atoms with E-state index in [0.29, 0.717) is 12.2 Å². The molecule has 105 valence electrons. The van der Waals surface area contributed by atoms with E-state index in [-0.39, 0.29) is 0 Å². The van der Waals surface area contributed by atoms with E-state index in [0.717, 1.165) is 5.56 Å². The van der Waals surface area contributed by atoms with Gasteiger partial charge in [0.1, 0.15) is 11.8 Å². The van der Waals surface area contributed by atoms with Crippen LogP contribution in [-0.2, 0) is 11.3 Å². The van der Waals surface area contributed by atoms with Gasteiger partial charge in [-0.25, -0.2) is 4.79 Å². The molecule has 0 bridgehead atoms. The van der Waals surface area contributed by atoms with Gasteiger partial charge in [-0.3, -0.25) is 10.00 Å². The maximum absolute atomic E-state index is 11.7. The molecule has 20 heavy (non-hydrogen) atoms. The molecule has 1 heterocycles. The summed E-state index contributed by atoms with van der Waals surface area (Å²) in [5, 5.41) is 6.75. The lowest BCUT2D eigenvalue weighted by Gasteiger charge is -2.19. The van der Waals surface area contributed by atoms with Crippen LogP contribution in [0.5, 0.6) is 0 Å². The van der Waals surface area contributed by atoms with Gasteiger partial charge in [-0.05, 0) is 44.5 Å². The van der Waals surface area contributed by atoms with Gasteiger partial charge in [0, 0.05) is 11.9 Å². The van der Waals surface area contributed by atoms with Gasteiger partial charge in [0.05, 0.1) is 6.54 Å². The summed E-state index contributed by atoms with van der Waals surface area (Å²) in [4.78, 5) is 11.7. The Kier molecular flexibility index (Phi) is 4.08. The fraction of sp³-hybridized carbons (Fsp3) is 0.333. The van der Waals surface area contributed by atoms with Crippen LogP contribution in [-0.4, -0.2) is 21.5 Å². The third-order valence-corrected chi connectivity index (χ3v) is 2.42. The first-order valence-electron chi connectivity index (χ1n) is 6.41. The third-order valence-electron chi connectivity index (χ3n) is 2.42. The molecule has 5 heteroatoms. The molecule has 0 atom stereocenters. The second-order valence-electron chi connectivity index (χ2n) is 5.47. The number of carbonyl (C=O) groups excluding carboxylic acids is 1. The van der Waals surface area contributed by atoms with Crippen LogP contribution in [0.1, 0.15) is 26.3 Å². The van der Waals surface area contributed by atoms with Crippen LogP contribution >= 0.6 is 0 Å². The quantitative estimate of drug-likeness (QED) is 0.934. The van der Waals surface area contributed by atoms with E-state index in [1.807, 2.05) is 51.2 Å². The Bertz CT molecular complexity index is 571. The topological polar surface area (TPSA) is 56.1 Å². The standard InChI is InChI=1S/C15H18N3O2/c1-15(2,3)20-14(19)17-13-7-4-6-12(10-13)11-18-9-5-8-16-18/h4-7,9-10H,11H2,1-3H3,(H,17,19). The van der Waals surface area contributed by atoms with E-state index >= 15 is 0 Å². The summed E-state index contributed by atoms with van der Waals surface area (Å²) in [5.74, 6) is 0. The molecule has 0 saturated heterocycles. The van der Waals surface area contributed by atoms with Gasteiger partial charge < -0.3 is 4.74 Å². The van der Waals surface area contributed by atoms with Crippen molar-refractivity contribution in [2.45, 2.75) is 32.9 Å². The van der Waals surface area contributed by atoms with Crippen LogP contribution in [0.2, 0.25) is 0 Å². The fourth-order valence-corrected chi connectivity index (χ4v) is 1.70. The number of rotatable bonds is 3. The second kappa shape index (κ2) is 5.77. The zero-order valence-corrected chi connectivity index (χ0v) is 11.9. The first-order valence-corrected chi connectivity index (χ1v) is 6.41. The fourth-order valence-electron chi connectivity index (χ4n) is 1.70. The predicted octanol–water partition coefficient (Wildman–Crippen LogP) is 3.08. The van der Waals surface area contributed by atoms with Crippen LogP contribution in [0.4, 0.5) is 10.5 Å². The lowest BCUT2D eigenvalue weighted by Crippen LogP contribution is -2.27. The number of benzene rings is 1. The molecule has 0 aliphatic rings. The smallest absolute Gasteiger partial charge is 0.412 e. The summed E-state index contributed by atoms with van der Waals surface area (Å²) in [6.45, 7) is 6.12. The summed E-state index contributed by atoms with van der Waals surface area (Å²) in [5.41, 5.74) is 1.23. The van der Waals surface area contributed by atoms with E-state index in [1.165, 1.54) is 0 Å². The number of hydrogen-bond donors (Lipinski definition) is 1. The van der Waals surface area contributed by atoms with Gasteiger partial charge in [0.2, 0.25) is 0 Å². The number of nitrogens with zero attached hydrogens (tertiary/aromatic N) is 2. The molecule has 1 N–H and O–H groups in total. The summed E-state index contributed by atoms with van der Waals surface area (Å²) in [6.07, 6.45) is 4.13. The van der Waals surface area contributed by atoms with E-state index < -0.39 is 11.7 Å². The Morgan fingerprint density at radius 2 is 2.25 bits per heavy atom. The Morgan fingerprint density at radius 1 is 1.45 bits per heavy atom. The highest BCUT2D eigenvalue weighted by Gasteiger charge is 2.16. The molecule has 1 aromatic carbocycles. The number of hydrogen-bond acceptors (Lipinski definition) is 3. The molecule has 0 fully saturated rings. The molecule has 5 nitrogen and oxygen atoms in total. The van der Waals surface area contributed by atoms with Gasteiger partial charge in [-0.1, -0.05) is 12.1 Å². The average molecular weight is 272 g/mol. The maximum Gasteiger partial charge on any atom is 0.412 e. The molecule has 1 amide bonds. The molecule has 2 aromatic rings. The van der Waals surface area contributed by atoms with Crippen LogP contribution in [0.25, 0.3) is 0 Å². The van der Waals surface area contributed by atoms with Crippen molar-refractivity contribution in [3.05, 3.63) is 48.3 Å². The first-order chi connectivity index (χ1) is 9.42. The minimum Gasteiger partial charge on any atom is -0.444 e. The Hall–Kier alpha value is -2.30. The molecule has 0 unspecified atom stereocenters. The average Bonchev–Trinajstić information content (AvgIpc) is 2.79. The summed E-state index contributed by atoms with van der Waals surface area (Å²) in [7, 11) is 0. The Morgan fingerprint density at radius 3 is 2.90 bits per heavy atom. The largest absolute Gasteiger partial charge is 0.444 e. The van der Waals surface area contributed by atoms with Crippen LogP contribution in [0.15, 0.2) is 36.5 Å². The van der Waals surface area contributed by atoms with E-state index in [9.17, 15) is 4.79 Å². The zero-order valence-electron chi connectivity index (χ0n) is 11.9. The Labute approximate surface area is 118 Å². The second-order valence-corrected chi connectivity index (χ2v) is 5.47. The van der Waals surface area contributed by atoms with Gasteiger partial charge in [0.15, 0.2) is 0 Å². The molecule has 0 spiro atoms. The maximum atomic E-state index is 11.7. The highest BCUT2D eigenvalue weighted by atomic mass is 16.6. The molecule has 0 aliphatic carbocycles. The monoisotopic (exact) mass is 272 g/mol. The van der Waals surface area contributed by atoms with Gasteiger partial charge in [-0.15, -0.1) is 0 Å². The number of amides is 1. The van der Waals surface area contributed by atoms with Crippen LogP contribution in [0.3, 0.4) is 0 Å². The minimum absolute atomic E-state index is 0.456. The van der Waals surface area contributed by atoms with Gasteiger partial charge in [0.25, 0.3) is 0 Å². The highest BCUT2D eigenvalue weighted by Crippen LogP contribution is 2.14. The molecule has 0 aliphatic heterocycles. The summed E-state index contributed by atoms with van der Waals surface area (Å²) >= 11 is 0. The number of anilines is 1. The molecule has 0 saturated carbocycles. The highest BCUT2D eigenvalue weighted by molar-refractivity contribution is 5.84. The molecular formula is C15H18N3O2. The van der Waals surface area contributed by atoms with Crippen molar-refractivity contribution in [1.82, 2.24) is 9.78 Å². The van der Waals surface area contributed by atoms with Crippen LogP contribution in [0, 0.1) is 6.20 Å². The predicted molar refractivity (Wildman–Crippen MR) is 76.5 cm³/mol. The lowest BCUT2D eigenvalue weighted by molar-refractivity contribution is 0.0636. The summed E-state index contributed by atoms with van der Waals surface area (Å²) < 4.78 is 6.99.